The zero-order valence-electron chi connectivity index (χ0n) is 14.3. The standard InChI is InChI=1S/C17H25N3O3S/c1-18(2)24(22,23)19-12-15-9-6-10-17(21)20(16(15)13-19)11-14-7-4-3-5-8-14/h3-5,7-8,15-16H,6,9-13H2,1-2H3/t15-,16+/m1/s1. The van der Waals surface area contributed by atoms with Crippen LogP contribution in [0.1, 0.15) is 24.8 Å². The molecule has 1 amide bonds. The largest absolute Gasteiger partial charge is 0.334 e. The lowest BCUT2D eigenvalue weighted by Gasteiger charge is -2.30. The van der Waals surface area contributed by atoms with Crippen molar-refractivity contribution in [3.05, 3.63) is 35.9 Å². The van der Waals surface area contributed by atoms with Gasteiger partial charge in [0.1, 0.15) is 0 Å². The maximum atomic E-state index is 12.6. The summed E-state index contributed by atoms with van der Waals surface area (Å²) < 4.78 is 27.7. The first-order valence-corrected chi connectivity index (χ1v) is 9.80. The summed E-state index contributed by atoms with van der Waals surface area (Å²) in [6, 6.07) is 9.87. The molecule has 6 nitrogen and oxygen atoms in total. The Morgan fingerprint density at radius 1 is 1.17 bits per heavy atom. The van der Waals surface area contributed by atoms with Gasteiger partial charge in [0, 0.05) is 46.2 Å². The molecule has 2 aliphatic rings. The van der Waals surface area contributed by atoms with Crippen LogP contribution in [0.15, 0.2) is 30.3 Å². The Hall–Kier alpha value is -1.44. The smallest absolute Gasteiger partial charge is 0.281 e. The van der Waals surface area contributed by atoms with Crippen molar-refractivity contribution in [3.8, 4) is 0 Å². The number of rotatable bonds is 4. The molecule has 1 aromatic carbocycles. The SMILES string of the molecule is CN(C)S(=O)(=O)N1C[C@H]2CCCC(=O)N(Cc3ccccc3)[C@H]2C1. The summed E-state index contributed by atoms with van der Waals surface area (Å²) in [5, 5.41) is 0. The fourth-order valence-electron chi connectivity index (χ4n) is 3.70. The summed E-state index contributed by atoms with van der Waals surface area (Å²) in [5.41, 5.74) is 1.08. The van der Waals surface area contributed by atoms with E-state index in [1.165, 1.54) is 8.61 Å². The fraction of sp³-hybridized carbons (Fsp3) is 0.588. The first kappa shape index (κ1) is 17.4. The zero-order valence-corrected chi connectivity index (χ0v) is 15.1. The van der Waals surface area contributed by atoms with Gasteiger partial charge in [0.15, 0.2) is 0 Å². The van der Waals surface area contributed by atoms with E-state index in [2.05, 4.69) is 0 Å². The summed E-state index contributed by atoms with van der Waals surface area (Å²) >= 11 is 0. The highest BCUT2D eigenvalue weighted by molar-refractivity contribution is 7.86. The first-order valence-electron chi connectivity index (χ1n) is 8.40. The Kier molecular flexibility index (Phi) is 4.94. The molecule has 1 aromatic rings. The summed E-state index contributed by atoms with van der Waals surface area (Å²) in [4.78, 5) is 14.5. The molecular formula is C17H25N3O3S. The van der Waals surface area contributed by atoms with Crippen molar-refractivity contribution in [2.75, 3.05) is 27.2 Å². The minimum atomic E-state index is -3.43. The van der Waals surface area contributed by atoms with Crippen molar-refractivity contribution in [3.63, 3.8) is 0 Å². The van der Waals surface area contributed by atoms with Crippen LogP contribution in [0.2, 0.25) is 0 Å². The molecule has 7 heteroatoms. The van der Waals surface area contributed by atoms with E-state index in [-0.39, 0.29) is 17.9 Å². The number of hydrogen-bond acceptors (Lipinski definition) is 3. The molecular weight excluding hydrogens is 326 g/mol. The van der Waals surface area contributed by atoms with Gasteiger partial charge in [0.2, 0.25) is 5.91 Å². The highest BCUT2D eigenvalue weighted by Gasteiger charge is 2.44. The Labute approximate surface area is 144 Å². The number of carbonyl (C=O) groups is 1. The lowest BCUT2D eigenvalue weighted by Crippen LogP contribution is -2.44. The van der Waals surface area contributed by atoms with Crippen LogP contribution in [-0.4, -0.2) is 61.1 Å². The average molecular weight is 351 g/mol. The van der Waals surface area contributed by atoms with Gasteiger partial charge >= 0.3 is 0 Å². The molecule has 2 fully saturated rings. The van der Waals surface area contributed by atoms with Gasteiger partial charge in [-0.05, 0) is 24.3 Å². The summed E-state index contributed by atoms with van der Waals surface area (Å²) in [6.45, 7) is 1.45. The summed E-state index contributed by atoms with van der Waals surface area (Å²) in [7, 11) is -0.328. The average Bonchev–Trinajstić information content (AvgIpc) is 2.92. The van der Waals surface area contributed by atoms with E-state index in [1.54, 1.807) is 14.1 Å². The van der Waals surface area contributed by atoms with Crippen molar-refractivity contribution in [2.24, 2.45) is 5.92 Å². The minimum absolute atomic E-state index is 0.0325. The predicted octanol–water partition coefficient (Wildman–Crippen LogP) is 1.31. The number of fused-ring (bicyclic) bond motifs is 1. The minimum Gasteiger partial charge on any atom is -0.334 e. The van der Waals surface area contributed by atoms with E-state index in [4.69, 9.17) is 0 Å². The lowest BCUT2D eigenvalue weighted by molar-refractivity contribution is -0.133. The predicted molar refractivity (Wildman–Crippen MR) is 92.3 cm³/mol. The monoisotopic (exact) mass is 351 g/mol. The molecule has 0 saturated carbocycles. The van der Waals surface area contributed by atoms with Crippen molar-refractivity contribution in [1.82, 2.24) is 13.5 Å². The van der Waals surface area contributed by atoms with Gasteiger partial charge in [-0.25, -0.2) is 0 Å². The van der Waals surface area contributed by atoms with Gasteiger partial charge in [-0.1, -0.05) is 30.3 Å². The van der Waals surface area contributed by atoms with Crippen molar-refractivity contribution >= 4 is 16.1 Å². The van der Waals surface area contributed by atoms with Gasteiger partial charge in [-0.3, -0.25) is 4.79 Å². The molecule has 0 N–H and O–H groups in total. The van der Waals surface area contributed by atoms with E-state index < -0.39 is 10.2 Å². The van der Waals surface area contributed by atoms with Crippen LogP contribution < -0.4 is 0 Å². The van der Waals surface area contributed by atoms with Gasteiger partial charge in [0.25, 0.3) is 10.2 Å². The molecule has 0 spiro atoms. The van der Waals surface area contributed by atoms with Crippen LogP contribution in [0.4, 0.5) is 0 Å². The number of nitrogens with zero attached hydrogens (tertiary/aromatic N) is 3. The van der Waals surface area contributed by atoms with Crippen molar-refractivity contribution in [1.29, 1.82) is 0 Å². The maximum absolute atomic E-state index is 12.6. The molecule has 24 heavy (non-hydrogen) atoms. The number of hydrogen-bond donors (Lipinski definition) is 0. The van der Waals surface area contributed by atoms with Gasteiger partial charge in [-0.15, -0.1) is 0 Å². The molecule has 3 rings (SSSR count). The number of amides is 1. The Balaban J connectivity index is 1.84. The first-order chi connectivity index (χ1) is 11.4. The third kappa shape index (κ3) is 3.34. The number of carbonyl (C=O) groups excluding carboxylic acids is 1. The molecule has 0 aromatic heterocycles. The number of likely N-dealkylation sites (tertiary alicyclic amines) is 1. The highest BCUT2D eigenvalue weighted by Crippen LogP contribution is 2.33. The molecule has 0 aliphatic carbocycles. The van der Waals surface area contributed by atoms with Crippen LogP contribution in [0, 0.1) is 5.92 Å². The molecule has 0 unspecified atom stereocenters. The third-order valence-electron chi connectivity index (χ3n) is 5.04. The van der Waals surface area contributed by atoms with Gasteiger partial charge in [-0.2, -0.15) is 17.0 Å². The van der Waals surface area contributed by atoms with Crippen LogP contribution in [-0.2, 0) is 21.5 Å². The van der Waals surface area contributed by atoms with Crippen molar-refractivity contribution in [2.45, 2.75) is 31.8 Å². The number of benzene rings is 1. The molecule has 2 aliphatic heterocycles. The molecule has 0 bridgehead atoms. The lowest BCUT2D eigenvalue weighted by atomic mass is 9.98. The van der Waals surface area contributed by atoms with E-state index in [1.807, 2.05) is 35.2 Å². The van der Waals surface area contributed by atoms with E-state index >= 15 is 0 Å². The fourth-order valence-corrected chi connectivity index (χ4v) is 4.88. The quantitative estimate of drug-likeness (QED) is 0.822. The Morgan fingerprint density at radius 3 is 2.54 bits per heavy atom. The second-order valence-corrected chi connectivity index (χ2v) is 8.98. The summed E-state index contributed by atoms with van der Waals surface area (Å²) in [5.74, 6) is 0.352. The van der Waals surface area contributed by atoms with Crippen LogP contribution in [0.5, 0.6) is 0 Å². The van der Waals surface area contributed by atoms with Crippen LogP contribution in [0.25, 0.3) is 0 Å². The van der Waals surface area contributed by atoms with Crippen LogP contribution >= 0.6 is 0 Å². The van der Waals surface area contributed by atoms with E-state index in [0.29, 0.717) is 26.1 Å². The normalized spacial score (nSPS) is 25.8. The van der Waals surface area contributed by atoms with E-state index in [0.717, 1.165) is 18.4 Å². The van der Waals surface area contributed by atoms with Crippen molar-refractivity contribution < 1.29 is 13.2 Å². The molecule has 2 atom stereocenters. The van der Waals surface area contributed by atoms with Gasteiger partial charge < -0.3 is 4.90 Å². The second kappa shape index (κ2) is 6.82. The molecule has 2 saturated heterocycles. The Bertz CT molecular complexity index is 690. The molecule has 132 valence electrons. The second-order valence-electron chi connectivity index (χ2n) is 6.83. The zero-order chi connectivity index (χ0) is 17.3. The van der Waals surface area contributed by atoms with Crippen LogP contribution in [0.3, 0.4) is 0 Å². The molecule has 0 radical (unpaired) electrons. The highest BCUT2D eigenvalue weighted by atomic mass is 32.2. The van der Waals surface area contributed by atoms with Gasteiger partial charge in [0.05, 0.1) is 0 Å². The summed E-state index contributed by atoms with van der Waals surface area (Å²) in [6.07, 6.45) is 2.29. The maximum Gasteiger partial charge on any atom is 0.281 e. The third-order valence-corrected chi connectivity index (χ3v) is 6.92. The van der Waals surface area contributed by atoms with E-state index in [9.17, 15) is 13.2 Å². The topological polar surface area (TPSA) is 60.9 Å². The molecule has 2 heterocycles. The Morgan fingerprint density at radius 2 is 1.88 bits per heavy atom.